The molecule has 1 aromatic rings. The molecule has 0 spiro atoms. The first kappa shape index (κ1) is 9.39. The van der Waals surface area contributed by atoms with Gasteiger partial charge in [-0.15, -0.1) is 0 Å². The van der Waals surface area contributed by atoms with Gasteiger partial charge in [-0.05, 0) is 22.8 Å². The molecule has 14 heavy (non-hydrogen) atoms. The van der Waals surface area contributed by atoms with Crippen LogP contribution < -0.4 is 4.90 Å². The van der Waals surface area contributed by atoms with Crippen molar-refractivity contribution in [3.05, 3.63) is 0 Å². The van der Waals surface area contributed by atoms with Crippen LogP contribution in [0.4, 0.5) is 5.95 Å². The number of aliphatic hydroxyl groups excluding tert-OH is 1. The van der Waals surface area contributed by atoms with Crippen molar-refractivity contribution in [2.45, 2.75) is 19.4 Å². The van der Waals surface area contributed by atoms with Gasteiger partial charge in [0.25, 0.3) is 0 Å². The summed E-state index contributed by atoms with van der Waals surface area (Å²) >= 11 is 0. The van der Waals surface area contributed by atoms with Crippen molar-refractivity contribution in [3.63, 3.8) is 0 Å². The Bertz CT molecular complexity index is 312. The smallest absolute Gasteiger partial charge is 0.245 e. The van der Waals surface area contributed by atoms with Crippen LogP contribution in [-0.4, -0.2) is 44.5 Å². The van der Waals surface area contributed by atoms with Gasteiger partial charge in [0, 0.05) is 13.6 Å². The highest BCUT2D eigenvalue weighted by atomic mass is 16.3. The topological polar surface area (TPSA) is 67.1 Å². The first-order valence-corrected chi connectivity index (χ1v) is 4.84. The number of rotatable bonds is 2. The molecule has 1 fully saturated rings. The third-order valence-electron chi connectivity index (χ3n) is 2.92. The number of anilines is 1. The Morgan fingerprint density at radius 3 is 2.93 bits per heavy atom. The zero-order valence-corrected chi connectivity index (χ0v) is 8.46. The van der Waals surface area contributed by atoms with Crippen molar-refractivity contribution in [1.82, 2.24) is 20.2 Å². The molecule has 1 N–H and O–H groups in total. The van der Waals surface area contributed by atoms with E-state index < -0.39 is 0 Å². The maximum absolute atomic E-state index is 9.28. The Hall–Kier alpha value is -1.17. The third kappa shape index (κ3) is 1.35. The second-order valence-electron chi connectivity index (χ2n) is 3.81. The standard InChI is InChI=1S/C8H15N5O/c1-6-3-4-13(7(6)5-14)8-9-10-11-12(8)2/h6-7,14H,3-5H2,1-2H3. The van der Waals surface area contributed by atoms with E-state index in [4.69, 9.17) is 0 Å². The summed E-state index contributed by atoms with van der Waals surface area (Å²) < 4.78 is 1.64. The van der Waals surface area contributed by atoms with Gasteiger partial charge in [0.15, 0.2) is 0 Å². The minimum absolute atomic E-state index is 0.152. The zero-order valence-electron chi connectivity index (χ0n) is 8.46. The summed E-state index contributed by atoms with van der Waals surface area (Å²) in [5, 5.41) is 20.6. The Labute approximate surface area is 82.5 Å². The molecular weight excluding hydrogens is 182 g/mol. The largest absolute Gasteiger partial charge is 0.394 e. The number of tetrazole rings is 1. The van der Waals surface area contributed by atoms with Crippen LogP contribution >= 0.6 is 0 Å². The Morgan fingerprint density at radius 2 is 2.36 bits per heavy atom. The van der Waals surface area contributed by atoms with Crippen LogP contribution in [0.5, 0.6) is 0 Å². The van der Waals surface area contributed by atoms with E-state index in [1.807, 2.05) is 7.05 Å². The molecule has 0 saturated carbocycles. The van der Waals surface area contributed by atoms with E-state index in [-0.39, 0.29) is 12.6 Å². The van der Waals surface area contributed by atoms with Crippen LogP contribution in [-0.2, 0) is 7.05 Å². The SMILES string of the molecule is CC1CCN(c2nnnn2C)C1CO. The summed E-state index contributed by atoms with van der Waals surface area (Å²) in [4.78, 5) is 2.07. The minimum atomic E-state index is 0.152. The average molecular weight is 197 g/mol. The van der Waals surface area contributed by atoms with Crippen molar-refractivity contribution in [1.29, 1.82) is 0 Å². The molecule has 0 aliphatic carbocycles. The molecule has 1 aliphatic heterocycles. The molecule has 2 heterocycles. The first-order chi connectivity index (χ1) is 6.74. The van der Waals surface area contributed by atoms with Gasteiger partial charge >= 0.3 is 0 Å². The lowest BCUT2D eigenvalue weighted by Crippen LogP contribution is -2.36. The van der Waals surface area contributed by atoms with Gasteiger partial charge in [-0.2, -0.15) is 0 Å². The Balaban J connectivity index is 2.23. The van der Waals surface area contributed by atoms with Crippen LogP contribution in [0, 0.1) is 5.92 Å². The molecule has 2 atom stereocenters. The molecule has 0 bridgehead atoms. The Kier molecular flexibility index (Phi) is 2.37. The van der Waals surface area contributed by atoms with E-state index in [2.05, 4.69) is 27.3 Å². The molecular formula is C8H15N5O. The van der Waals surface area contributed by atoms with Gasteiger partial charge in [-0.25, -0.2) is 4.68 Å². The Morgan fingerprint density at radius 1 is 1.57 bits per heavy atom. The molecule has 2 rings (SSSR count). The van der Waals surface area contributed by atoms with E-state index in [1.165, 1.54) is 0 Å². The summed E-state index contributed by atoms with van der Waals surface area (Å²) in [5.74, 6) is 1.24. The molecule has 2 unspecified atom stereocenters. The molecule has 0 amide bonds. The van der Waals surface area contributed by atoms with Gasteiger partial charge in [0.05, 0.1) is 12.6 Å². The molecule has 0 radical (unpaired) electrons. The highest BCUT2D eigenvalue weighted by molar-refractivity contribution is 5.32. The third-order valence-corrected chi connectivity index (χ3v) is 2.92. The predicted molar refractivity (Wildman–Crippen MR) is 50.8 cm³/mol. The number of aromatic nitrogens is 4. The highest BCUT2D eigenvalue weighted by Gasteiger charge is 2.33. The van der Waals surface area contributed by atoms with Crippen molar-refractivity contribution in [3.8, 4) is 0 Å². The molecule has 1 aliphatic rings. The van der Waals surface area contributed by atoms with Crippen molar-refractivity contribution in [2.24, 2.45) is 13.0 Å². The lowest BCUT2D eigenvalue weighted by Gasteiger charge is -2.24. The normalized spacial score (nSPS) is 27.2. The summed E-state index contributed by atoms with van der Waals surface area (Å²) in [6, 6.07) is 0.152. The van der Waals surface area contributed by atoms with E-state index in [0.717, 1.165) is 18.9 Å². The number of nitrogens with zero attached hydrogens (tertiary/aromatic N) is 5. The fourth-order valence-electron chi connectivity index (χ4n) is 2.00. The molecule has 1 aromatic heterocycles. The van der Waals surface area contributed by atoms with Gasteiger partial charge < -0.3 is 10.0 Å². The second-order valence-corrected chi connectivity index (χ2v) is 3.81. The van der Waals surface area contributed by atoms with Crippen molar-refractivity contribution >= 4 is 5.95 Å². The van der Waals surface area contributed by atoms with Gasteiger partial charge in [0.1, 0.15) is 0 Å². The summed E-state index contributed by atoms with van der Waals surface area (Å²) in [6.07, 6.45) is 1.08. The van der Waals surface area contributed by atoms with Crippen LogP contribution in [0.25, 0.3) is 0 Å². The fraction of sp³-hybridized carbons (Fsp3) is 0.875. The molecule has 6 heteroatoms. The summed E-state index contributed by atoms with van der Waals surface area (Å²) in [6.45, 7) is 3.22. The molecule has 0 aromatic carbocycles. The predicted octanol–water partition coefficient (Wildman–Crippen LogP) is -0.583. The number of aryl methyl sites for hydroxylation is 1. The number of hydrogen-bond donors (Lipinski definition) is 1. The highest BCUT2D eigenvalue weighted by Crippen LogP contribution is 2.26. The zero-order chi connectivity index (χ0) is 10.1. The maximum atomic E-state index is 9.28. The summed E-state index contributed by atoms with van der Waals surface area (Å²) in [7, 11) is 1.81. The minimum Gasteiger partial charge on any atom is -0.394 e. The quantitative estimate of drug-likeness (QED) is 0.687. The number of hydrogen-bond acceptors (Lipinski definition) is 5. The molecule has 6 nitrogen and oxygen atoms in total. The van der Waals surface area contributed by atoms with Crippen LogP contribution in [0.2, 0.25) is 0 Å². The van der Waals surface area contributed by atoms with E-state index in [1.54, 1.807) is 4.68 Å². The molecule has 1 saturated heterocycles. The van der Waals surface area contributed by atoms with Gasteiger partial charge in [-0.3, -0.25) is 0 Å². The van der Waals surface area contributed by atoms with E-state index in [0.29, 0.717) is 5.92 Å². The lowest BCUT2D eigenvalue weighted by atomic mass is 10.0. The van der Waals surface area contributed by atoms with Crippen molar-refractivity contribution < 1.29 is 5.11 Å². The van der Waals surface area contributed by atoms with Crippen LogP contribution in [0.15, 0.2) is 0 Å². The van der Waals surface area contributed by atoms with E-state index >= 15 is 0 Å². The fourth-order valence-corrected chi connectivity index (χ4v) is 2.00. The second kappa shape index (κ2) is 3.53. The monoisotopic (exact) mass is 197 g/mol. The summed E-state index contributed by atoms with van der Waals surface area (Å²) in [5.41, 5.74) is 0. The number of aliphatic hydroxyl groups is 1. The lowest BCUT2D eigenvalue weighted by molar-refractivity contribution is 0.243. The average Bonchev–Trinajstić information content (AvgIpc) is 2.71. The van der Waals surface area contributed by atoms with Gasteiger partial charge in [-0.1, -0.05) is 12.0 Å². The molecule has 78 valence electrons. The van der Waals surface area contributed by atoms with E-state index in [9.17, 15) is 5.11 Å². The van der Waals surface area contributed by atoms with Crippen LogP contribution in [0.3, 0.4) is 0 Å². The van der Waals surface area contributed by atoms with Crippen molar-refractivity contribution in [2.75, 3.05) is 18.1 Å². The first-order valence-electron chi connectivity index (χ1n) is 4.84. The van der Waals surface area contributed by atoms with Gasteiger partial charge in [0.2, 0.25) is 5.95 Å². The van der Waals surface area contributed by atoms with Crippen LogP contribution in [0.1, 0.15) is 13.3 Å². The maximum Gasteiger partial charge on any atom is 0.245 e.